The molecule has 1 unspecified atom stereocenters. The monoisotopic (exact) mass is 1170 g/mol. The largest absolute Gasteiger partial charge is 0.508 e. The highest BCUT2D eigenvalue weighted by Crippen LogP contribution is 2.40. The second kappa shape index (κ2) is 31.7. The van der Waals surface area contributed by atoms with Crippen LogP contribution in [0.15, 0.2) is 133 Å². The number of fused-ring (bicyclic) bond motifs is 4. The molecule has 0 amide bonds. The van der Waals surface area contributed by atoms with Gasteiger partial charge < -0.3 is 54.9 Å². The van der Waals surface area contributed by atoms with Crippen LogP contribution in [0.4, 0.5) is 17.2 Å². The minimum Gasteiger partial charge on any atom is -0.508 e. The van der Waals surface area contributed by atoms with E-state index in [1.807, 2.05) is 54.9 Å². The van der Waals surface area contributed by atoms with Gasteiger partial charge in [0.2, 0.25) is 6.79 Å². The van der Waals surface area contributed by atoms with Crippen molar-refractivity contribution < 1.29 is 29.2 Å². The van der Waals surface area contributed by atoms with Crippen LogP contribution in [0.3, 0.4) is 0 Å². The average Bonchev–Trinajstić information content (AvgIpc) is 3.37. The summed E-state index contributed by atoms with van der Waals surface area (Å²) in [5.74, 6) is 4.43. The summed E-state index contributed by atoms with van der Waals surface area (Å²) in [6.45, 7) is 24.9. The van der Waals surface area contributed by atoms with Crippen molar-refractivity contribution in [1.82, 2.24) is 24.7 Å². The number of aromatic hydroxyl groups is 2. The van der Waals surface area contributed by atoms with Crippen molar-refractivity contribution in [3.05, 3.63) is 139 Å². The summed E-state index contributed by atoms with van der Waals surface area (Å²) < 4.78 is 24.3. The fraction of sp³-hybridized carbons (Fsp3) is 0.444. The molecule has 0 spiro atoms. The van der Waals surface area contributed by atoms with Crippen LogP contribution in [0, 0.1) is 5.41 Å². The number of nitrogens with one attached hydrogen (secondary N) is 3. The van der Waals surface area contributed by atoms with Gasteiger partial charge in [-0.3, -0.25) is 9.88 Å². The first-order valence-corrected chi connectivity index (χ1v) is 32.0. The number of allylic oxidation sites excluding steroid dienone is 4. The maximum atomic E-state index is 11.3. The van der Waals surface area contributed by atoms with Crippen molar-refractivity contribution >= 4 is 49.6 Å². The molecule has 0 fully saturated rings. The van der Waals surface area contributed by atoms with Crippen LogP contribution >= 0.6 is 0 Å². The summed E-state index contributed by atoms with van der Waals surface area (Å²) >= 11 is 0. The molecule has 14 nitrogen and oxygen atoms in total. The molecule has 0 saturated carbocycles. The van der Waals surface area contributed by atoms with Crippen molar-refractivity contribution in [2.75, 3.05) is 108 Å². The number of aromatic nitrogens is 2. The van der Waals surface area contributed by atoms with Gasteiger partial charge >= 0.3 is 0 Å². The maximum Gasteiger partial charge on any atom is 0.231 e. The highest BCUT2D eigenvalue weighted by atomic mass is 16.7. The molecule has 1 aliphatic carbocycles. The Labute approximate surface area is 511 Å². The van der Waals surface area contributed by atoms with Gasteiger partial charge in [0.05, 0.1) is 17.8 Å². The standard InChI is InChI=1S/C72H94N8O6/c1-7-72(6)30-21-22-53(27-31-72)49-76-70-26-24-57-41-59(81)47-66(71(57)77-70)75-33-16-12-17-36-79(10-4)38-29-56-40-58(54-23-25-67-69(44-54)86-52-85-67)43-63-62(56)45-60(82)46-65(63)74-32-15-13-18-37-80(11-5)51-84-61-42-55-28-34-73-50-64(55)68(48-61)83-39-20-14-19-35-78(8-2)9-3/h21-28,30-31,34,40-48,50,74-75,81-82H,7-20,29,32-33,35-39,49,51-52H2,1-6H3,(H,76,77). The number of pyridine rings is 2. The predicted octanol–water partition coefficient (Wildman–Crippen LogP) is 15.6. The van der Waals surface area contributed by atoms with E-state index in [4.69, 9.17) is 23.9 Å². The highest BCUT2D eigenvalue weighted by Gasteiger charge is 2.19. The zero-order valence-electron chi connectivity index (χ0n) is 52.1. The van der Waals surface area contributed by atoms with Crippen molar-refractivity contribution in [3.63, 3.8) is 0 Å². The quantitative estimate of drug-likeness (QED) is 0.0187. The molecule has 1 aliphatic heterocycles. The van der Waals surface area contributed by atoms with Gasteiger partial charge in [0.25, 0.3) is 0 Å². The third-order valence-corrected chi connectivity index (χ3v) is 17.2. The summed E-state index contributed by atoms with van der Waals surface area (Å²) in [5.41, 5.74) is 7.24. The Morgan fingerprint density at radius 3 is 2.13 bits per heavy atom. The van der Waals surface area contributed by atoms with Gasteiger partial charge in [-0.05, 0) is 185 Å². The van der Waals surface area contributed by atoms with Gasteiger partial charge in [0.15, 0.2) is 11.5 Å². The van der Waals surface area contributed by atoms with Gasteiger partial charge in [-0.1, -0.05) is 96.9 Å². The molecule has 7 aromatic rings. The van der Waals surface area contributed by atoms with Crippen LogP contribution < -0.4 is 34.9 Å². The van der Waals surface area contributed by atoms with Gasteiger partial charge in [0.1, 0.15) is 35.5 Å². The molecule has 2 aromatic heterocycles. The second-order valence-corrected chi connectivity index (χ2v) is 23.3. The summed E-state index contributed by atoms with van der Waals surface area (Å²) in [7, 11) is 0. The number of phenolic OH excluding ortho intramolecular Hbond substituents is 2. The van der Waals surface area contributed by atoms with Crippen LogP contribution in [0.1, 0.15) is 111 Å². The molecule has 1 atom stereocenters. The Hall–Kier alpha value is -7.52. The van der Waals surface area contributed by atoms with Gasteiger partial charge in [-0.25, -0.2) is 4.98 Å². The number of likely N-dealkylation sites (N-methyl/N-ethyl adjacent to an activating group) is 1. The Bertz CT molecular complexity index is 3410. The fourth-order valence-electron chi connectivity index (χ4n) is 11.5. The highest BCUT2D eigenvalue weighted by molar-refractivity contribution is 6.00. The maximum absolute atomic E-state index is 11.3. The summed E-state index contributed by atoms with van der Waals surface area (Å²) in [6, 6.07) is 28.2. The number of phenols is 2. The molecule has 0 saturated heterocycles. The van der Waals surface area contributed by atoms with Crippen molar-refractivity contribution in [2.45, 2.75) is 112 Å². The predicted molar refractivity (Wildman–Crippen MR) is 356 cm³/mol. The number of hydrogen-bond donors (Lipinski definition) is 5. The van der Waals surface area contributed by atoms with E-state index in [-0.39, 0.29) is 23.7 Å². The van der Waals surface area contributed by atoms with Crippen LogP contribution in [0.5, 0.6) is 34.5 Å². The number of nitrogens with zero attached hydrogens (tertiary/aromatic N) is 5. The van der Waals surface area contributed by atoms with Crippen LogP contribution in [0.25, 0.3) is 43.6 Å². The Kier molecular flexibility index (Phi) is 23.3. The lowest BCUT2D eigenvalue weighted by molar-refractivity contribution is 0.129. The van der Waals surface area contributed by atoms with Crippen molar-refractivity contribution in [3.8, 4) is 45.6 Å². The lowest BCUT2D eigenvalue weighted by atomic mass is 9.87. The SMILES string of the molecule is CCN(CC)CCCCCOc1cc(OCN(CC)CCCCCNc2cc(O)cc3c(CCN(CC)CCCCCNc4cc(O)cc5ccc(NCC6=CC=CC(C)(CC)C=C6)nc45)cc(-c4ccc5c(c4)OCO5)cc23)cc2ccncc12. The molecular weight excluding hydrogens is 1070 g/mol. The Morgan fingerprint density at radius 1 is 0.605 bits per heavy atom. The van der Waals surface area contributed by atoms with Gasteiger partial charge in [-0.15, -0.1) is 0 Å². The molecule has 5 N–H and O–H groups in total. The third kappa shape index (κ3) is 17.6. The van der Waals surface area contributed by atoms with E-state index in [1.165, 1.54) is 17.6 Å². The number of benzene rings is 5. The fourth-order valence-corrected chi connectivity index (χ4v) is 11.5. The number of rotatable bonds is 36. The van der Waals surface area contributed by atoms with E-state index in [0.29, 0.717) is 19.9 Å². The molecule has 0 radical (unpaired) electrons. The lowest BCUT2D eigenvalue weighted by Crippen LogP contribution is -2.29. The number of hydrogen-bond acceptors (Lipinski definition) is 14. The van der Waals surface area contributed by atoms with Crippen LogP contribution in [-0.4, -0.2) is 127 Å². The first-order valence-electron chi connectivity index (χ1n) is 32.0. The molecule has 0 bridgehead atoms. The minimum absolute atomic E-state index is 0.0699. The lowest BCUT2D eigenvalue weighted by Gasteiger charge is -2.22. The molecule has 5 aromatic carbocycles. The molecule has 2 aliphatic rings. The third-order valence-electron chi connectivity index (χ3n) is 17.2. The van der Waals surface area contributed by atoms with Crippen LogP contribution in [0.2, 0.25) is 0 Å². The van der Waals surface area contributed by atoms with Crippen molar-refractivity contribution in [1.29, 1.82) is 0 Å². The molecule has 14 heteroatoms. The van der Waals surface area contributed by atoms with E-state index < -0.39 is 0 Å². The smallest absolute Gasteiger partial charge is 0.231 e. The van der Waals surface area contributed by atoms with Gasteiger partial charge in [0, 0.05) is 90.6 Å². The number of anilines is 3. The molecule has 9 rings (SSSR count). The summed E-state index contributed by atoms with van der Waals surface area (Å²) in [5, 5.41) is 37.9. The number of unbranched alkanes of at least 4 members (excludes halogenated alkanes) is 6. The van der Waals surface area contributed by atoms with Crippen molar-refractivity contribution in [2.24, 2.45) is 5.41 Å². The Balaban J connectivity index is 0.763. The van der Waals surface area contributed by atoms with E-state index in [9.17, 15) is 10.2 Å². The zero-order valence-corrected chi connectivity index (χ0v) is 52.1. The first-order chi connectivity index (χ1) is 42.0. The van der Waals surface area contributed by atoms with Crippen LogP contribution in [-0.2, 0) is 6.42 Å². The normalized spacial score (nSPS) is 14.7. The van der Waals surface area contributed by atoms with E-state index >= 15 is 0 Å². The van der Waals surface area contributed by atoms with E-state index in [0.717, 1.165) is 213 Å². The Morgan fingerprint density at radius 2 is 1.34 bits per heavy atom. The zero-order chi connectivity index (χ0) is 60.1. The van der Waals surface area contributed by atoms with E-state index in [2.05, 4.69) is 138 Å². The molecule has 458 valence electrons. The second-order valence-electron chi connectivity index (χ2n) is 23.3. The minimum atomic E-state index is 0.0699. The number of ether oxygens (including phenoxy) is 4. The molecule has 86 heavy (non-hydrogen) atoms. The summed E-state index contributed by atoms with van der Waals surface area (Å²) in [6.07, 6.45) is 26.2. The topological polar surface area (TPSA) is 149 Å². The van der Waals surface area contributed by atoms with Gasteiger partial charge in [-0.2, -0.15) is 0 Å². The molecule has 3 heterocycles. The summed E-state index contributed by atoms with van der Waals surface area (Å²) in [4.78, 5) is 16.7. The average molecular weight is 1170 g/mol. The first kappa shape index (κ1) is 63.0. The molecular formula is C72H94N8O6. The van der Waals surface area contributed by atoms with E-state index in [1.54, 1.807) is 12.1 Å².